The van der Waals surface area contributed by atoms with Gasteiger partial charge in [-0.05, 0) is 43.7 Å². The minimum Gasteiger partial charge on any atom is -0.331 e. The summed E-state index contributed by atoms with van der Waals surface area (Å²) in [6.45, 7) is 5.18. The van der Waals surface area contributed by atoms with Crippen molar-refractivity contribution < 1.29 is 4.79 Å². The van der Waals surface area contributed by atoms with Crippen molar-refractivity contribution in [2.75, 3.05) is 13.1 Å². The van der Waals surface area contributed by atoms with E-state index in [4.69, 9.17) is 11.6 Å². The summed E-state index contributed by atoms with van der Waals surface area (Å²) in [4.78, 5) is 14.4. The van der Waals surface area contributed by atoms with Gasteiger partial charge < -0.3 is 10.2 Å². The van der Waals surface area contributed by atoms with Crippen LogP contribution in [0.4, 0.5) is 4.79 Å². The number of amides is 2. The summed E-state index contributed by atoms with van der Waals surface area (Å²) in [7, 11) is 0. The molecule has 0 bridgehead atoms. The number of nitriles is 1. The molecule has 0 spiro atoms. The van der Waals surface area contributed by atoms with Crippen LogP contribution in [0, 0.1) is 16.7 Å². The Bertz CT molecular complexity index is 834. The van der Waals surface area contributed by atoms with E-state index < -0.39 is 0 Å². The Morgan fingerprint density at radius 2 is 1.88 bits per heavy atom. The van der Waals surface area contributed by atoms with Crippen molar-refractivity contribution in [3.8, 4) is 6.07 Å². The number of fused-ring (bicyclic) bond motifs is 1. The van der Waals surface area contributed by atoms with Gasteiger partial charge >= 0.3 is 6.03 Å². The highest BCUT2D eigenvalue weighted by atomic mass is 35.5. The lowest BCUT2D eigenvalue weighted by atomic mass is 9.82. The highest BCUT2D eigenvalue weighted by molar-refractivity contribution is 6.35. The molecule has 0 aliphatic carbocycles. The van der Waals surface area contributed by atoms with Crippen molar-refractivity contribution in [3.63, 3.8) is 0 Å². The SMILES string of the molecule is CC(NC(=O)N1CCC(C)(C#N)CC1)c1ccc(Cl)c2ccccc12. The number of piperidine rings is 1. The normalized spacial score (nSPS) is 17.8. The first-order valence-electron chi connectivity index (χ1n) is 8.57. The van der Waals surface area contributed by atoms with Crippen LogP contribution in [0.25, 0.3) is 10.8 Å². The lowest BCUT2D eigenvalue weighted by Crippen LogP contribution is -2.47. The second-order valence-electron chi connectivity index (χ2n) is 7.01. The largest absolute Gasteiger partial charge is 0.331 e. The summed E-state index contributed by atoms with van der Waals surface area (Å²) < 4.78 is 0. The molecule has 2 amide bonds. The van der Waals surface area contributed by atoms with Crippen LogP contribution in [0.5, 0.6) is 0 Å². The Morgan fingerprint density at radius 1 is 1.24 bits per heavy atom. The minimum atomic E-state index is -0.311. The standard InChI is InChI=1S/C20H22ClN3O/c1-14(15-7-8-18(21)17-6-4-3-5-16(15)17)23-19(25)24-11-9-20(2,13-22)10-12-24/h3-8,14H,9-12H2,1-2H3,(H,23,25). The zero-order valence-electron chi connectivity index (χ0n) is 14.6. The van der Waals surface area contributed by atoms with Crippen LogP contribution in [0.1, 0.15) is 38.3 Å². The van der Waals surface area contributed by atoms with Crippen molar-refractivity contribution in [1.82, 2.24) is 10.2 Å². The molecule has 25 heavy (non-hydrogen) atoms. The maximum absolute atomic E-state index is 12.6. The number of nitrogens with one attached hydrogen (secondary N) is 1. The number of carbonyl (C=O) groups is 1. The highest BCUT2D eigenvalue weighted by Gasteiger charge is 2.32. The van der Waals surface area contributed by atoms with Gasteiger partial charge in [-0.25, -0.2) is 4.79 Å². The topological polar surface area (TPSA) is 56.1 Å². The molecule has 3 rings (SSSR count). The van der Waals surface area contributed by atoms with Gasteiger partial charge in [0.1, 0.15) is 0 Å². The summed E-state index contributed by atoms with van der Waals surface area (Å²) in [6.07, 6.45) is 1.43. The van der Waals surface area contributed by atoms with Gasteiger partial charge in [0, 0.05) is 23.5 Å². The van der Waals surface area contributed by atoms with Gasteiger partial charge in [-0.2, -0.15) is 5.26 Å². The first-order chi connectivity index (χ1) is 11.9. The monoisotopic (exact) mass is 355 g/mol. The van der Waals surface area contributed by atoms with E-state index in [1.807, 2.05) is 50.2 Å². The predicted molar refractivity (Wildman–Crippen MR) is 100 cm³/mol. The molecule has 1 aliphatic heterocycles. The van der Waals surface area contributed by atoms with Gasteiger partial charge in [0.25, 0.3) is 0 Å². The van der Waals surface area contributed by atoms with Gasteiger partial charge in [0.2, 0.25) is 0 Å². The van der Waals surface area contributed by atoms with E-state index in [0.717, 1.165) is 29.2 Å². The predicted octanol–water partition coefficient (Wildman–Crippen LogP) is 4.89. The number of hydrogen-bond donors (Lipinski definition) is 1. The Labute approximate surface area is 153 Å². The zero-order valence-corrected chi connectivity index (χ0v) is 15.3. The van der Waals surface area contributed by atoms with Crippen LogP contribution in [-0.2, 0) is 0 Å². The Hall–Kier alpha value is -2.25. The molecule has 1 fully saturated rings. The summed E-state index contributed by atoms with van der Waals surface area (Å²) >= 11 is 6.28. The molecule has 5 heteroatoms. The number of urea groups is 1. The number of likely N-dealkylation sites (tertiary alicyclic amines) is 1. The molecule has 2 aromatic rings. The summed E-state index contributed by atoms with van der Waals surface area (Å²) in [5.74, 6) is 0. The summed E-state index contributed by atoms with van der Waals surface area (Å²) in [5, 5.41) is 15.1. The molecule has 4 nitrogen and oxygen atoms in total. The van der Waals surface area contributed by atoms with Gasteiger partial charge in [0.05, 0.1) is 17.5 Å². The molecule has 0 saturated carbocycles. The second-order valence-corrected chi connectivity index (χ2v) is 7.42. The molecular formula is C20H22ClN3O. The molecular weight excluding hydrogens is 334 g/mol. The van der Waals surface area contributed by atoms with E-state index in [1.165, 1.54) is 0 Å². The van der Waals surface area contributed by atoms with Gasteiger partial charge in [-0.3, -0.25) is 0 Å². The fraction of sp³-hybridized carbons (Fsp3) is 0.400. The lowest BCUT2D eigenvalue weighted by Gasteiger charge is -2.35. The van der Waals surface area contributed by atoms with Crippen LogP contribution >= 0.6 is 11.6 Å². The second kappa shape index (κ2) is 6.93. The van der Waals surface area contributed by atoms with Crippen LogP contribution in [-0.4, -0.2) is 24.0 Å². The number of benzene rings is 2. The molecule has 130 valence electrons. The number of halogens is 1. The molecule has 1 aliphatic rings. The molecule has 1 unspecified atom stereocenters. The lowest BCUT2D eigenvalue weighted by molar-refractivity contribution is 0.154. The molecule has 2 aromatic carbocycles. The Kier molecular flexibility index (Phi) is 4.87. The first kappa shape index (κ1) is 17.6. The molecule has 1 saturated heterocycles. The van der Waals surface area contributed by atoms with Crippen LogP contribution < -0.4 is 5.32 Å². The van der Waals surface area contributed by atoms with Crippen molar-refractivity contribution in [2.24, 2.45) is 5.41 Å². The van der Waals surface area contributed by atoms with Gasteiger partial charge in [0.15, 0.2) is 0 Å². The van der Waals surface area contributed by atoms with Crippen molar-refractivity contribution in [2.45, 2.75) is 32.7 Å². The average Bonchev–Trinajstić information content (AvgIpc) is 2.62. The van der Waals surface area contributed by atoms with Crippen LogP contribution in [0.2, 0.25) is 5.02 Å². The Morgan fingerprint density at radius 3 is 2.52 bits per heavy atom. The third-order valence-corrected chi connectivity index (χ3v) is 5.46. The zero-order chi connectivity index (χ0) is 18.0. The summed E-state index contributed by atoms with van der Waals surface area (Å²) in [5.41, 5.74) is 0.738. The number of rotatable bonds is 2. The van der Waals surface area contributed by atoms with E-state index in [0.29, 0.717) is 18.1 Å². The maximum atomic E-state index is 12.6. The van der Waals surface area contributed by atoms with E-state index in [9.17, 15) is 10.1 Å². The van der Waals surface area contributed by atoms with E-state index in [1.54, 1.807) is 4.90 Å². The molecule has 1 atom stereocenters. The van der Waals surface area contributed by atoms with Crippen LogP contribution in [0.15, 0.2) is 36.4 Å². The van der Waals surface area contributed by atoms with Crippen LogP contribution in [0.3, 0.4) is 0 Å². The van der Waals surface area contributed by atoms with Crippen molar-refractivity contribution in [1.29, 1.82) is 5.26 Å². The minimum absolute atomic E-state index is 0.0773. The van der Waals surface area contributed by atoms with Crippen molar-refractivity contribution in [3.05, 3.63) is 47.0 Å². The summed E-state index contributed by atoms with van der Waals surface area (Å²) in [6, 6.07) is 14.0. The van der Waals surface area contributed by atoms with E-state index in [2.05, 4.69) is 11.4 Å². The van der Waals surface area contributed by atoms with Gasteiger partial charge in [-0.15, -0.1) is 0 Å². The smallest absolute Gasteiger partial charge is 0.317 e. The molecule has 1 N–H and O–H groups in total. The number of hydrogen-bond acceptors (Lipinski definition) is 2. The maximum Gasteiger partial charge on any atom is 0.317 e. The van der Waals surface area contributed by atoms with E-state index in [-0.39, 0.29) is 17.5 Å². The number of nitrogens with zero attached hydrogens (tertiary/aromatic N) is 2. The quantitative estimate of drug-likeness (QED) is 0.833. The molecule has 0 radical (unpaired) electrons. The first-order valence-corrected chi connectivity index (χ1v) is 8.95. The highest BCUT2D eigenvalue weighted by Crippen LogP contribution is 2.31. The average molecular weight is 356 g/mol. The van der Waals surface area contributed by atoms with E-state index >= 15 is 0 Å². The van der Waals surface area contributed by atoms with Gasteiger partial charge in [-0.1, -0.05) is 41.9 Å². The molecule has 0 aromatic heterocycles. The fourth-order valence-corrected chi connectivity index (χ4v) is 3.56. The third-order valence-electron chi connectivity index (χ3n) is 5.14. The number of carbonyl (C=O) groups excluding carboxylic acids is 1. The molecule has 1 heterocycles. The Balaban J connectivity index is 1.73. The van der Waals surface area contributed by atoms with Crippen molar-refractivity contribution >= 4 is 28.4 Å². The third kappa shape index (κ3) is 3.57. The fourth-order valence-electron chi connectivity index (χ4n) is 3.33.